The van der Waals surface area contributed by atoms with Crippen LogP contribution in [0.1, 0.15) is 15.2 Å². The van der Waals surface area contributed by atoms with E-state index in [0.717, 1.165) is 17.1 Å². The molecule has 3 aromatic rings. The molecule has 25 heavy (non-hydrogen) atoms. The molecule has 0 aliphatic carbocycles. The van der Waals surface area contributed by atoms with E-state index in [-0.39, 0.29) is 6.61 Å². The van der Waals surface area contributed by atoms with Gasteiger partial charge < -0.3 is 14.2 Å². The lowest BCUT2D eigenvalue weighted by Crippen LogP contribution is -2.06. The van der Waals surface area contributed by atoms with Gasteiger partial charge in [0.05, 0.1) is 14.2 Å². The maximum absolute atomic E-state index is 12.5. The first-order chi connectivity index (χ1) is 12.2. The molecule has 1 aromatic heterocycles. The minimum Gasteiger partial charge on any atom is -0.493 e. The van der Waals surface area contributed by atoms with Gasteiger partial charge in [-0.2, -0.15) is 0 Å². The lowest BCUT2D eigenvalue weighted by Gasteiger charge is -2.12. The maximum atomic E-state index is 12.5. The van der Waals surface area contributed by atoms with Crippen LogP contribution in [-0.2, 0) is 11.3 Å². The molecule has 0 unspecified atom stereocenters. The van der Waals surface area contributed by atoms with E-state index in [2.05, 4.69) is 9.59 Å². The molecule has 0 radical (unpaired) electrons. The summed E-state index contributed by atoms with van der Waals surface area (Å²) in [7, 11) is 3.10. The van der Waals surface area contributed by atoms with E-state index in [1.807, 2.05) is 42.5 Å². The van der Waals surface area contributed by atoms with Crippen LogP contribution < -0.4 is 9.47 Å². The molecule has 0 amide bonds. The lowest BCUT2D eigenvalue weighted by molar-refractivity contribution is 0.0476. The molecule has 0 spiro atoms. The fraction of sp³-hybridized carbons (Fsp3) is 0.167. The number of nitrogens with zero attached hydrogens (tertiary/aromatic N) is 2. The van der Waals surface area contributed by atoms with Crippen molar-refractivity contribution in [1.82, 2.24) is 9.59 Å². The third-order valence-electron chi connectivity index (χ3n) is 3.56. The highest BCUT2D eigenvalue weighted by atomic mass is 32.1. The van der Waals surface area contributed by atoms with Crippen LogP contribution in [-0.4, -0.2) is 29.8 Å². The third kappa shape index (κ3) is 3.61. The van der Waals surface area contributed by atoms with E-state index in [1.54, 1.807) is 20.3 Å². The molecule has 1 heterocycles. The number of carbonyl (C=O) groups is 1. The van der Waals surface area contributed by atoms with Crippen molar-refractivity contribution in [1.29, 1.82) is 0 Å². The quantitative estimate of drug-likeness (QED) is 0.629. The molecular weight excluding hydrogens is 340 g/mol. The topological polar surface area (TPSA) is 70.5 Å². The molecule has 128 valence electrons. The average Bonchev–Trinajstić information content (AvgIpc) is 3.16. The molecule has 0 N–H and O–H groups in total. The Balaban J connectivity index is 1.78. The van der Waals surface area contributed by atoms with Gasteiger partial charge in [-0.25, -0.2) is 4.79 Å². The van der Waals surface area contributed by atoms with Gasteiger partial charge in [0.2, 0.25) is 0 Å². The zero-order chi connectivity index (χ0) is 17.6. The highest BCUT2D eigenvalue weighted by Crippen LogP contribution is 2.31. The minimum absolute atomic E-state index is 0.0608. The van der Waals surface area contributed by atoms with Crippen molar-refractivity contribution < 1.29 is 19.0 Å². The molecule has 0 saturated carbocycles. The van der Waals surface area contributed by atoms with Crippen LogP contribution in [0, 0.1) is 0 Å². The number of methoxy groups -OCH3 is 2. The number of esters is 1. The van der Waals surface area contributed by atoms with E-state index in [1.165, 1.54) is 0 Å². The number of aromatic nitrogens is 2. The second kappa shape index (κ2) is 7.76. The van der Waals surface area contributed by atoms with Gasteiger partial charge in [-0.3, -0.25) is 0 Å². The number of rotatable bonds is 6. The standard InChI is InChI=1S/C18H16N2O4S/c1-22-14-10-6-9-13(16(14)23-2)11-24-18(21)17-15(19-20-25-17)12-7-4-3-5-8-12/h3-10H,11H2,1-2H3. The predicted molar refractivity (Wildman–Crippen MR) is 94.0 cm³/mol. The summed E-state index contributed by atoms with van der Waals surface area (Å²) in [6, 6.07) is 14.8. The van der Waals surface area contributed by atoms with E-state index in [9.17, 15) is 4.79 Å². The van der Waals surface area contributed by atoms with Gasteiger partial charge in [0.15, 0.2) is 16.4 Å². The summed E-state index contributed by atoms with van der Waals surface area (Å²) in [5.74, 6) is 0.655. The monoisotopic (exact) mass is 356 g/mol. The van der Waals surface area contributed by atoms with Crippen LogP contribution in [0.2, 0.25) is 0 Å². The normalized spacial score (nSPS) is 10.3. The van der Waals surface area contributed by atoms with Crippen molar-refractivity contribution in [3.63, 3.8) is 0 Å². The molecule has 0 aliphatic rings. The van der Waals surface area contributed by atoms with Gasteiger partial charge in [0, 0.05) is 11.1 Å². The van der Waals surface area contributed by atoms with Crippen LogP contribution in [0.3, 0.4) is 0 Å². The van der Waals surface area contributed by atoms with Gasteiger partial charge in [0.1, 0.15) is 12.3 Å². The van der Waals surface area contributed by atoms with Crippen molar-refractivity contribution in [3.8, 4) is 22.8 Å². The van der Waals surface area contributed by atoms with Crippen molar-refractivity contribution >= 4 is 17.5 Å². The Bertz CT molecular complexity index is 865. The number of ether oxygens (including phenoxy) is 3. The van der Waals surface area contributed by atoms with Gasteiger partial charge in [0.25, 0.3) is 0 Å². The molecule has 0 saturated heterocycles. The Morgan fingerprint density at radius 2 is 1.84 bits per heavy atom. The Labute approximate surface area is 149 Å². The number of carbonyl (C=O) groups excluding carboxylic acids is 1. The smallest absolute Gasteiger partial charge is 0.352 e. The first-order valence-corrected chi connectivity index (χ1v) is 8.26. The Morgan fingerprint density at radius 3 is 2.56 bits per heavy atom. The Kier molecular flexibility index (Phi) is 5.25. The molecule has 0 atom stereocenters. The first-order valence-electron chi connectivity index (χ1n) is 7.49. The summed E-state index contributed by atoms with van der Waals surface area (Å²) >= 11 is 1.01. The highest BCUT2D eigenvalue weighted by Gasteiger charge is 2.20. The number of para-hydroxylation sites is 1. The van der Waals surface area contributed by atoms with Gasteiger partial charge in [-0.15, -0.1) is 5.10 Å². The molecule has 6 nitrogen and oxygen atoms in total. The zero-order valence-electron chi connectivity index (χ0n) is 13.8. The number of hydrogen-bond donors (Lipinski definition) is 0. The third-order valence-corrected chi connectivity index (χ3v) is 4.27. The molecular formula is C18H16N2O4S. The second-order valence-electron chi connectivity index (χ2n) is 5.05. The fourth-order valence-electron chi connectivity index (χ4n) is 2.39. The summed E-state index contributed by atoms with van der Waals surface area (Å²) < 4.78 is 19.9. The highest BCUT2D eigenvalue weighted by molar-refractivity contribution is 7.08. The van der Waals surface area contributed by atoms with Crippen LogP contribution in [0.4, 0.5) is 0 Å². The molecule has 3 rings (SSSR count). The summed E-state index contributed by atoms with van der Waals surface area (Å²) in [4.78, 5) is 12.8. The summed E-state index contributed by atoms with van der Waals surface area (Å²) in [6.45, 7) is 0.0608. The fourth-order valence-corrected chi connectivity index (χ4v) is 2.97. The van der Waals surface area contributed by atoms with Crippen molar-refractivity contribution in [3.05, 3.63) is 59.0 Å². The summed E-state index contributed by atoms with van der Waals surface area (Å²) in [5, 5.41) is 4.05. The van der Waals surface area contributed by atoms with Crippen molar-refractivity contribution in [2.45, 2.75) is 6.61 Å². The van der Waals surface area contributed by atoms with E-state index < -0.39 is 5.97 Å². The Morgan fingerprint density at radius 1 is 1.04 bits per heavy atom. The van der Waals surface area contributed by atoms with E-state index in [0.29, 0.717) is 27.6 Å². The van der Waals surface area contributed by atoms with Crippen LogP contribution in [0.5, 0.6) is 11.5 Å². The van der Waals surface area contributed by atoms with Crippen molar-refractivity contribution in [2.24, 2.45) is 0 Å². The van der Waals surface area contributed by atoms with Crippen LogP contribution in [0.15, 0.2) is 48.5 Å². The average molecular weight is 356 g/mol. The van der Waals surface area contributed by atoms with Crippen LogP contribution in [0.25, 0.3) is 11.3 Å². The lowest BCUT2D eigenvalue weighted by atomic mass is 10.1. The molecule has 0 fully saturated rings. The van der Waals surface area contributed by atoms with Gasteiger partial charge >= 0.3 is 5.97 Å². The zero-order valence-corrected chi connectivity index (χ0v) is 14.6. The Hall–Kier alpha value is -2.93. The largest absolute Gasteiger partial charge is 0.493 e. The van der Waals surface area contributed by atoms with Crippen LogP contribution >= 0.6 is 11.5 Å². The second-order valence-corrected chi connectivity index (χ2v) is 5.80. The van der Waals surface area contributed by atoms with E-state index >= 15 is 0 Å². The number of hydrogen-bond acceptors (Lipinski definition) is 7. The van der Waals surface area contributed by atoms with Crippen molar-refractivity contribution in [2.75, 3.05) is 14.2 Å². The van der Waals surface area contributed by atoms with Gasteiger partial charge in [-0.05, 0) is 17.6 Å². The predicted octanol–water partition coefficient (Wildman–Crippen LogP) is 3.58. The maximum Gasteiger partial charge on any atom is 0.352 e. The van der Waals surface area contributed by atoms with Gasteiger partial charge in [-0.1, -0.05) is 47.0 Å². The molecule has 7 heteroatoms. The summed E-state index contributed by atoms with van der Waals surface area (Å²) in [5.41, 5.74) is 2.06. The number of benzene rings is 2. The SMILES string of the molecule is COc1cccc(COC(=O)c2snnc2-c2ccccc2)c1OC. The molecule has 0 aliphatic heterocycles. The first kappa shape index (κ1) is 16.9. The minimum atomic E-state index is -0.473. The van der Waals surface area contributed by atoms with E-state index in [4.69, 9.17) is 14.2 Å². The summed E-state index contributed by atoms with van der Waals surface area (Å²) in [6.07, 6.45) is 0. The molecule has 0 bridgehead atoms. The molecule has 2 aromatic carbocycles.